The molecule has 0 radical (unpaired) electrons. The second-order valence-electron chi connectivity index (χ2n) is 5.13. The Balaban J connectivity index is 1.89. The van der Waals surface area contributed by atoms with Crippen LogP contribution in [-0.2, 0) is 9.59 Å². The van der Waals surface area contributed by atoms with Crippen LogP contribution in [-0.4, -0.2) is 24.6 Å². The summed E-state index contributed by atoms with van der Waals surface area (Å²) in [6.45, 7) is -0.355. The molecule has 0 bridgehead atoms. The first kappa shape index (κ1) is 19.9. The van der Waals surface area contributed by atoms with Gasteiger partial charge in [0.25, 0.3) is 11.8 Å². The standard InChI is InChI=1S/C18H14ClFN4O3/c19-13-9-12(10-22-24-17(25)7-8-21)5-6-16(13)27-11-18(26)23-15-4-2-1-3-14(15)20/h1-6,9-10H,7,11H2,(H,23,26)(H,24,25). The largest absolute Gasteiger partial charge is 0.482 e. The molecule has 2 amide bonds. The molecule has 2 N–H and O–H groups in total. The molecule has 0 spiro atoms. The van der Waals surface area contributed by atoms with Gasteiger partial charge in [-0.15, -0.1) is 0 Å². The summed E-state index contributed by atoms with van der Waals surface area (Å²) in [5, 5.41) is 14.7. The fourth-order valence-electron chi connectivity index (χ4n) is 1.90. The number of rotatable bonds is 7. The minimum Gasteiger partial charge on any atom is -0.482 e. The Labute approximate surface area is 159 Å². The second-order valence-corrected chi connectivity index (χ2v) is 5.54. The molecule has 2 aromatic rings. The van der Waals surface area contributed by atoms with Gasteiger partial charge in [-0.3, -0.25) is 9.59 Å². The number of para-hydroxylation sites is 1. The zero-order valence-corrected chi connectivity index (χ0v) is 14.7. The van der Waals surface area contributed by atoms with E-state index in [0.29, 0.717) is 5.56 Å². The van der Waals surface area contributed by atoms with E-state index in [-0.39, 0.29) is 29.5 Å². The normalized spacial score (nSPS) is 10.3. The Morgan fingerprint density at radius 2 is 2.04 bits per heavy atom. The number of hydrogen-bond donors (Lipinski definition) is 2. The third-order valence-electron chi connectivity index (χ3n) is 3.11. The van der Waals surface area contributed by atoms with Crippen molar-refractivity contribution in [2.75, 3.05) is 11.9 Å². The molecule has 2 aromatic carbocycles. The van der Waals surface area contributed by atoms with Gasteiger partial charge in [0.15, 0.2) is 6.61 Å². The van der Waals surface area contributed by atoms with E-state index < -0.39 is 17.6 Å². The number of anilines is 1. The number of carbonyl (C=O) groups excluding carboxylic acids is 2. The lowest BCUT2D eigenvalue weighted by Gasteiger charge is -2.09. The van der Waals surface area contributed by atoms with E-state index in [1.54, 1.807) is 18.2 Å². The first-order chi connectivity index (χ1) is 13.0. The van der Waals surface area contributed by atoms with Gasteiger partial charge in [-0.25, -0.2) is 9.82 Å². The summed E-state index contributed by atoms with van der Waals surface area (Å²) in [4.78, 5) is 22.9. The van der Waals surface area contributed by atoms with E-state index in [0.717, 1.165) is 0 Å². The van der Waals surface area contributed by atoms with Crippen LogP contribution in [0, 0.1) is 17.1 Å². The van der Waals surface area contributed by atoms with E-state index in [9.17, 15) is 14.0 Å². The molecular weight excluding hydrogens is 375 g/mol. The van der Waals surface area contributed by atoms with Crippen LogP contribution in [0.4, 0.5) is 10.1 Å². The Bertz CT molecular complexity index is 912. The van der Waals surface area contributed by atoms with Crippen LogP contribution in [0.1, 0.15) is 12.0 Å². The highest BCUT2D eigenvalue weighted by Crippen LogP contribution is 2.25. The zero-order valence-electron chi connectivity index (χ0n) is 13.9. The number of nitrogens with one attached hydrogen (secondary N) is 2. The summed E-state index contributed by atoms with van der Waals surface area (Å²) in [6, 6.07) is 12.1. The van der Waals surface area contributed by atoms with E-state index in [2.05, 4.69) is 15.8 Å². The van der Waals surface area contributed by atoms with Crippen molar-refractivity contribution in [3.05, 3.63) is 58.9 Å². The average molecular weight is 389 g/mol. The van der Waals surface area contributed by atoms with Crippen molar-refractivity contribution in [1.82, 2.24) is 5.43 Å². The number of nitriles is 1. The summed E-state index contributed by atoms with van der Waals surface area (Å²) < 4.78 is 18.8. The second kappa shape index (κ2) is 9.89. The number of hydrogen-bond acceptors (Lipinski definition) is 5. The van der Waals surface area contributed by atoms with Crippen LogP contribution < -0.4 is 15.5 Å². The summed E-state index contributed by atoms with van der Waals surface area (Å²) >= 11 is 6.08. The first-order valence-corrected chi connectivity index (χ1v) is 8.03. The Hall–Kier alpha value is -3.44. The molecule has 0 saturated carbocycles. The highest BCUT2D eigenvalue weighted by molar-refractivity contribution is 6.32. The maximum atomic E-state index is 13.5. The summed E-state index contributed by atoms with van der Waals surface area (Å²) in [7, 11) is 0. The molecular formula is C18H14ClFN4O3. The van der Waals surface area contributed by atoms with E-state index in [1.165, 1.54) is 36.5 Å². The molecule has 138 valence electrons. The molecule has 2 rings (SSSR count). The number of ether oxygens (including phenoxy) is 1. The number of halogens is 2. The molecule has 0 unspecified atom stereocenters. The SMILES string of the molecule is N#CCC(=O)NN=Cc1ccc(OCC(=O)Nc2ccccc2F)c(Cl)c1. The number of hydrazone groups is 1. The smallest absolute Gasteiger partial charge is 0.262 e. The molecule has 0 atom stereocenters. The van der Waals surface area contributed by atoms with Crippen molar-refractivity contribution in [2.24, 2.45) is 5.10 Å². The zero-order chi connectivity index (χ0) is 19.6. The fraction of sp³-hybridized carbons (Fsp3) is 0.111. The van der Waals surface area contributed by atoms with Crippen molar-refractivity contribution in [1.29, 1.82) is 5.26 Å². The van der Waals surface area contributed by atoms with Gasteiger partial charge >= 0.3 is 0 Å². The van der Waals surface area contributed by atoms with Crippen LogP contribution in [0.2, 0.25) is 5.02 Å². The molecule has 0 aliphatic rings. The minimum atomic E-state index is -0.547. The van der Waals surface area contributed by atoms with Gasteiger partial charge in [0, 0.05) is 0 Å². The number of amides is 2. The van der Waals surface area contributed by atoms with Crippen LogP contribution in [0.15, 0.2) is 47.6 Å². The Morgan fingerprint density at radius 3 is 2.74 bits per heavy atom. The van der Waals surface area contributed by atoms with Crippen molar-refractivity contribution < 1.29 is 18.7 Å². The lowest BCUT2D eigenvalue weighted by atomic mass is 10.2. The Morgan fingerprint density at radius 1 is 1.26 bits per heavy atom. The number of nitrogens with zero attached hydrogens (tertiary/aromatic N) is 2. The maximum Gasteiger partial charge on any atom is 0.262 e. The number of carbonyl (C=O) groups is 2. The van der Waals surface area contributed by atoms with Gasteiger partial charge in [-0.2, -0.15) is 10.4 Å². The molecule has 0 aliphatic heterocycles. The topological polar surface area (TPSA) is 104 Å². The predicted octanol–water partition coefficient (Wildman–Crippen LogP) is 2.86. The molecule has 0 aliphatic carbocycles. The molecule has 27 heavy (non-hydrogen) atoms. The van der Waals surface area contributed by atoms with Crippen molar-refractivity contribution in [3.63, 3.8) is 0 Å². The fourth-order valence-corrected chi connectivity index (χ4v) is 2.14. The quantitative estimate of drug-likeness (QED) is 0.562. The summed E-state index contributed by atoms with van der Waals surface area (Å²) in [5.74, 6) is -1.36. The van der Waals surface area contributed by atoms with E-state index in [4.69, 9.17) is 21.6 Å². The number of benzene rings is 2. The monoisotopic (exact) mass is 388 g/mol. The third-order valence-corrected chi connectivity index (χ3v) is 3.40. The first-order valence-electron chi connectivity index (χ1n) is 7.65. The minimum absolute atomic E-state index is 0.0576. The Kier molecular flexibility index (Phi) is 7.28. The summed E-state index contributed by atoms with van der Waals surface area (Å²) in [6.07, 6.45) is 1.05. The predicted molar refractivity (Wildman–Crippen MR) is 97.9 cm³/mol. The van der Waals surface area contributed by atoms with Crippen LogP contribution >= 0.6 is 11.6 Å². The molecule has 0 fully saturated rings. The van der Waals surface area contributed by atoms with Gasteiger partial charge in [-0.1, -0.05) is 23.7 Å². The van der Waals surface area contributed by atoms with Crippen LogP contribution in [0.3, 0.4) is 0 Å². The lowest BCUT2D eigenvalue weighted by molar-refractivity contribution is -0.120. The maximum absolute atomic E-state index is 13.5. The highest BCUT2D eigenvalue weighted by atomic mass is 35.5. The van der Waals surface area contributed by atoms with Crippen LogP contribution in [0.25, 0.3) is 0 Å². The molecule has 9 heteroatoms. The van der Waals surface area contributed by atoms with Gasteiger partial charge in [0.05, 0.1) is 23.0 Å². The highest BCUT2D eigenvalue weighted by Gasteiger charge is 2.09. The molecule has 0 saturated heterocycles. The van der Waals surface area contributed by atoms with Crippen molar-refractivity contribution in [2.45, 2.75) is 6.42 Å². The molecule has 7 nitrogen and oxygen atoms in total. The van der Waals surface area contributed by atoms with E-state index in [1.807, 2.05) is 0 Å². The van der Waals surface area contributed by atoms with E-state index >= 15 is 0 Å². The lowest BCUT2D eigenvalue weighted by Crippen LogP contribution is -2.20. The summed E-state index contributed by atoms with van der Waals surface area (Å²) in [5.41, 5.74) is 2.81. The van der Waals surface area contributed by atoms with Crippen LogP contribution in [0.5, 0.6) is 5.75 Å². The van der Waals surface area contributed by atoms with Crippen molar-refractivity contribution >= 4 is 35.3 Å². The van der Waals surface area contributed by atoms with Crippen molar-refractivity contribution in [3.8, 4) is 11.8 Å². The van der Waals surface area contributed by atoms with Gasteiger partial charge in [0.1, 0.15) is 18.0 Å². The third kappa shape index (κ3) is 6.41. The molecule has 0 aromatic heterocycles. The van der Waals surface area contributed by atoms with Gasteiger partial charge < -0.3 is 10.1 Å². The average Bonchev–Trinajstić information content (AvgIpc) is 2.63. The van der Waals surface area contributed by atoms with Gasteiger partial charge in [-0.05, 0) is 35.9 Å². The van der Waals surface area contributed by atoms with Gasteiger partial charge in [0.2, 0.25) is 0 Å². The molecule has 0 heterocycles.